The van der Waals surface area contributed by atoms with E-state index in [1.165, 1.54) is 12.1 Å². The summed E-state index contributed by atoms with van der Waals surface area (Å²) < 4.78 is 20.1. The number of ether oxygens (including phenoxy) is 1. The molecule has 1 fully saturated rings. The fourth-order valence-corrected chi connectivity index (χ4v) is 5.50. The third-order valence-corrected chi connectivity index (χ3v) is 7.41. The molecule has 33 heavy (non-hydrogen) atoms. The van der Waals surface area contributed by atoms with E-state index in [0.29, 0.717) is 53.4 Å². The fourth-order valence-electron chi connectivity index (χ4n) is 4.42. The summed E-state index contributed by atoms with van der Waals surface area (Å²) in [6.07, 6.45) is 1.65. The molecule has 1 aromatic carbocycles. The molecule has 0 N–H and O–H groups in total. The van der Waals surface area contributed by atoms with Crippen LogP contribution in [0.5, 0.6) is 0 Å². The van der Waals surface area contributed by atoms with Gasteiger partial charge in [0.05, 0.1) is 5.39 Å². The van der Waals surface area contributed by atoms with Crippen LogP contribution in [0.2, 0.25) is 0 Å². The second-order valence-corrected chi connectivity index (χ2v) is 9.24. The van der Waals surface area contributed by atoms with Crippen LogP contribution in [0.25, 0.3) is 10.2 Å². The second kappa shape index (κ2) is 8.58. The first-order valence-corrected chi connectivity index (χ1v) is 11.7. The SMILES string of the molecule is Cc1c(C(=O)OCC(=O)N2CCN(c3ccc(F)cc3)CC2)sc2nc3n(c(=O)c12)CCC3. The Morgan fingerprint density at radius 2 is 1.85 bits per heavy atom. The Hall–Kier alpha value is -3.27. The average Bonchev–Trinajstić information content (AvgIpc) is 3.43. The average molecular weight is 471 g/mol. The van der Waals surface area contributed by atoms with E-state index in [9.17, 15) is 18.8 Å². The van der Waals surface area contributed by atoms with Gasteiger partial charge < -0.3 is 14.5 Å². The Labute approximate surface area is 193 Å². The topological polar surface area (TPSA) is 84.7 Å². The van der Waals surface area contributed by atoms with Gasteiger partial charge in [0, 0.05) is 44.8 Å². The van der Waals surface area contributed by atoms with Crippen molar-refractivity contribution in [2.75, 3.05) is 37.7 Å². The molecule has 0 radical (unpaired) electrons. The summed E-state index contributed by atoms with van der Waals surface area (Å²) in [5, 5.41) is 0.459. The number of carbonyl (C=O) groups excluding carboxylic acids is 2. The number of anilines is 1. The van der Waals surface area contributed by atoms with Gasteiger partial charge in [-0.3, -0.25) is 14.2 Å². The third kappa shape index (κ3) is 3.99. The highest BCUT2D eigenvalue weighted by Gasteiger charge is 2.26. The lowest BCUT2D eigenvalue weighted by Gasteiger charge is -2.36. The van der Waals surface area contributed by atoms with Gasteiger partial charge in [0.25, 0.3) is 11.5 Å². The molecule has 0 saturated carbocycles. The Morgan fingerprint density at radius 3 is 2.58 bits per heavy atom. The summed E-state index contributed by atoms with van der Waals surface area (Å²) in [7, 11) is 0. The van der Waals surface area contributed by atoms with Crippen molar-refractivity contribution in [3.63, 3.8) is 0 Å². The number of rotatable bonds is 4. The Morgan fingerprint density at radius 1 is 1.12 bits per heavy atom. The molecule has 8 nitrogen and oxygen atoms in total. The molecule has 0 bridgehead atoms. The zero-order valence-electron chi connectivity index (χ0n) is 18.2. The van der Waals surface area contributed by atoms with Crippen LogP contribution in [0, 0.1) is 12.7 Å². The molecule has 0 unspecified atom stereocenters. The van der Waals surface area contributed by atoms with Crippen LogP contribution in [0.4, 0.5) is 10.1 Å². The van der Waals surface area contributed by atoms with Crippen LogP contribution in [0.1, 0.15) is 27.5 Å². The molecule has 2 aromatic heterocycles. The Balaban J connectivity index is 1.21. The molecule has 172 valence electrons. The summed E-state index contributed by atoms with van der Waals surface area (Å²) >= 11 is 1.14. The highest BCUT2D eigenvalue weighted by Crippen LogP contribution is 2.29. The van der Waals surface area contributed by atoms with Gasteiger partial charge in [0.1, 0.15) is 21.3 Å². The first kappa shape index (κ1) is 21.6. The minimum Gasteiger partial charge on any atom is -0.451 e. The van der Waals surface area contributed by atoms with Gasteiger partial charge in [-0.1, -0.05) is 0 Å². The number of piperazine rings is 1. The van der Waals surface area contributed by atoms with E-state index in [-0.39, 0.29) is 23.9 Å². The molecular formula is C23H23FN4O4S. The molecule has 0 aliphatic carbocycles. The first-order chi connectivity index (χ1) is 15.9. The zero-order valence-corrected chi connectivity index (χ0v) is 19.0. The number of esters is 1. The fraction of sp³-hybridized carbons (Fsp3) is 0.391. The standard InChI is InChI=1S/C23H23FN4O4S/c1-14-19-21(25-17-3-2-8-28(17)22(19)30)33-20(14)23(31)32-13-18(29)27-11-9-26(10-12-27)16-6-4-15(24)5-7-16/h4-7H,2-3,8-13H2,1H3. The number of hydrogen-bond acceptors (Lipinski definition) is 7. The third-order valence-electron chi connectivity index (χ3n) is 6.25. The van der Waals surface area contributed by atoms with Crippen molar-refractivity contribution in [2.45, 2.75) is 26.3 Å². The second-order valence-electron chi connectivity index (χ2n) is 8.25. The molecular weight excluding hydrogens is 447 g/mol. The van der Waals surface area contributed by atoms with Crippen LogP contribution < -0.4 is 10.5 Å². The van der Waals surface area contributed by atoms with Crippen LogP contribution in [-0.4, -0.2) is 59.1 Å². The predicted octanol–water partition coefficient (Wildman–Crippen LogP) is 2.36. The number of fused-ring (bicyclic) bond motifs is 2. The van der Waals surface area contributed by atoms with Gasteiger partial charge >= 0.3 is 5.97 Å². The molecule has 10 heteroatoms. The number of amides is 1. The minimum atomic E-state index is -0.613. The number of halogens is 1. The molecule has 5 rings (SSSR count). The van der Waals surface area contributed by atoms with Crippen molar-refractivity contribution in [2.24, 2.45) is 0 Å². The maximum Gasteiger partial charge on any atom is 0.349 e. The zero-order chi connectivity index (χ0) is 23.1. The highest BCUT2D eigenvalue weighted by molar-refractivity contribution is 7.20. The predicted molar refractivity (Wildman–Crippen MR) is 122 cm³/mol. The summed E-state index contributed by atoms with van der Waals surface area (Å²) in [5.74, 6) is -0.409. The number of aryl methyl sites for hydroxylation is 2. The number of aromatic nitrogens is 2. The molecule has 0 spiro atoms. The lowest BCUT2D eigenvalue weighted by Crippen LogP contribution is -2.49. The van der Waals surface area contributed by atoms with E-state index in [4.69, 9.17) is 4.74 Å². The highest BCUT2D eigenvalue weighted by atomic mass is 32.1. The first-order valence-electron chi connectivity index (χ1n) is 10.9. The summed E-state index contributed by atoms with van der Waals surface area (Å²) in [6, 6.07) is 6.27. The van der Waals surface area contributed by atoms with Gasteiger partial charge in [0.15, 0.2) is 6.61 Å². The number of hydrogen-bond donors (Lipinski definition) is 0. The molecule has 1 saturated heterocycles. The summed E-state index contributed by atoms with van der Waals surface area (Å²) in [4.78, 5) is 47.2. The molecule has 4 heterocycles. The van der Waals surface area contributed by atoms with Crippen LogP contribution in [0.15, 0.2) is 29.1 Å². The maximum atomic E-state index is 13.1. The molecule has 0 atom stereocenters. The van der Waals surface area contributed by atoms with E-state index in [1.807, 2.05) is 0 Å². The van der Waals surface area contributed by atoms with Crippen molar-refractivity contribution in [3.05, 3.63) is 56.7 Å². The Bertz CT molecular complexity index is 1290. The summed E-state index contributed by atoms with van der Waals surface area (Å²) in [5.41, 5.74) is 1.35. The normalized spacial score (nSPS) is 15.7. The Kier molecular flexibility index (Phi) is 5.61. The smallest absolute Gasteiger partial charge is 0.349 e. The molecule has 3 aromatic rings. The quantitative estimate of drug-likeness (QED) is 0.545. The molecule has 2 aliphatic heterocycles. The lowest BCUT2D eigenvalue weighted by atomic mass is 10.2. The van der Waals surface area contributed by atoms with Gasteiger partial charge in [-0.2, -0.15) is 0 Å². The van der Waals surface area contributed by atoms with Crippen LogP contribution in [-0.2, 0) is 22.5 Å². The molecule has 2 aliphatic rings. The number of carbonyl (C=O) groups is 2. The van der Waals surface area contributed by atoms with Crippen molar-refractivity contribution in [1.82, 2.24) is 14.5 Å². The lowest BCUT2D eigenvalue weighted by molar-refractivity contribution is -0.134. The van der Waals surface area contributed by atoms with Crippen LogP contribution >= 0.6 is 11.3 Å². The van der Waals surface area contributed by atoms with Gasteiger partial charge in [-0.25, -0.2) is 14.2 Å². The van der Waals surface area contributed by atoms with E-state index in [0.717, 1.165) is 35.7 Å². The molecule has 1 amide bonds. The van der Waals surface area contributed by atoms with Gasteiger partial charge in [-0.15, -0.1) is 11.3 Å². The van der Waals surface area contributed by atoms with E-state index in [1.54, 1.807) is 28.5 Å². The number of nitrogens with zero attached hydrogens (tertiary/aromatic N) is 4. The van der Waals surface area contributed by atoms with Crippen LogP contribution in [0.3, 0.4) is 0 Å². The number of benzene rings is 1. The van der Waals surface area contributed by atoms with Gasteiger partial charge in [0.2, 0.25) is 0 Å². The maximum absolute atomic E-state index is 13.1. The van der Waals surface area contributed by atoms with Crippen molar-refractivity contribution < 1.29 is 18.7 Å². The van der Waals surface area contributed by atoms with Crippen molar-refractivity contribution >= 4 is 39.1 Å². The van der Waals surface area contributed by atoms with Crippen molar-refractivity contribution in [1.29, 1.82) is 0 Å². The van der Waals surface area contributed by atoms with Crippen molar-refractivity contribution in [3.8, 4) is 0 Å². The van der Waals surface area contributed by atoms with E-state index in [2.05, 4.69) is 9.88 Å². The monoisotopic (exact) mass is 470 g/mol. The summed E-state index contributed by atoms with van der Waals surface area (Å²) in [6.45, 7) is 4.21. The largest absolute Gasteiger partial charge is 0.451 e. The van der Waals surface area contributed by atoms with Gasteiger partial charge in [-0.05, 0) is 43.2 Å². The van der Waals surface area contributed by atoms with E-state index < -0.39 is 5.97 Å². The number of thiophene rings is 1. The minimum absolute atomic E-state index is 0.115. The van der Waals surface area contributed by atoms with E-state index >= 15 is 0 Å².